The molecule has 3 rings (SSSR count). The largest absolute Gasteiger partial charge is 0.472 e. The first kappa shape index (κ1) is 23.3. The van der Waals surface area contributed by atoms with Crippen molar-refractivity contribution in [2.75, 3.05) is 6.26 Å². The molecule has 0 atom stereocenters. The minimum absolute atomic E-state index is 0.0999. The van der Waals surface area contributed by atoms with Gasteiger partial charge in [-0.2, -0.15) is 5.10 Å². The fourth-order valence-electron chi connectivity index (χ4n) is 3.61. The Kier molecular flexibility index (Phi) is 6.51. The Hall–Kier alpha value is -2.35. The summed E-state index contributed by atoms with van der Waals surface area (Å²) in [7, 11) is -1.81. The Labute approximate surface area is 191 Å². The Morgan fingerprint density at radius 2 is 1.74 bits per heavy atom. The summed E-state index contributed by atoms with van der Waals surface area (Å²) in [5.41, 5.74) is 2.65. The second-order valence-electron chi connectivity index (χ2n) is 7.41. The highest BCUT2D eigenvalue weighted by atomic mass is 35.5. The molecule has 0 fully saturated rings. The number of rotatable bonds is 6. The second kappa shape index (κ2) is 8.65. The summed E-state index contributed by atoms with van der Waals surface area (Å²) < 4.78 is 31.7. The number of carbonyl (C=O) groups excluding carboxylic acids is 1. The molecule has 1 heterocycles. The van der Waals surface area contributed by atoms with Gasteiger partial charge in [0.25, 0.3) is 0 Å². The highest BCUT2D eigenvalue weighted by Crippen LogP contribution is 2.34. The molecule has 31 heavy (non-hydrogen) atoms. The van der Waals surface area contributed by atoms with E-state index in [9.17, 15) is 13.2 Å². The highest BCUT2D eigenvalue weighted by Gasteiger charge is 2.28. The standard InChI is InChI=1S/C22H22Cl2N2O4S/c1-12-10-17(19(24)13(2)21(12)31(5,28)29)20(27)18-14(3)25-26(4)22(18)30-11-15-6-8-16(23)9-7-15/h6-10H,11H2,1-5H3. The molecule has 0 aliphatic carbocycles. The zero-order chi connectivity index (χ0) is 23.1. The first-order chi connectivity index (χ1) is 14.4. The predicted octanol–water partition coefficient (Wildman–Crippen LogP) is 4.87. The molecule has 9 heteroatoms. The lowest BCUT2D eigenvalue weighted by atomic mass is 9.99. The van der Waals surface area contributed by atoms with Crippen molar-refractivity contribution in [3.63, 3.8) is 0 Å². The number of aromatic nitrogens is 2. The van der Waals surface area contributed by atoms with Crippen molar-refractivity contribution in [2.24, 2.45) is 7.05 Å². The van der Waals surface area contributed by atoms with Crippen LogP contribution in [0.25, 0.3) is 0 Å². The average molecular weight is 481 g/mol. The molecule has 3 aromatic rings. The van der Waals surface area contributed by atoms with E-state index in [2.05, 4.69) is 5.10 Å². The molecule has 0 radical (unpaired) electrons. The molecule has 1 aromatic heterocycles. The molecule has 0 saturated heterocycles. The van der Waals surface area contributed by atoms with Crippen LogP contribution in [0.5, 0.6) is 5.88 Å². The van der Waals surface area contributed by atoms with Crippen LogP contribution in [0, 0.1) is 20.8 Å². The average Bonchev–Trinajstić information content (AvgIpc) is 2.95. The third kappa shape index (κ3) is 4.63. The second-order valence-corrected chi connectivity index (χ2v) is 10.2. The fraction of sp³-hybridized carbons (Fsp3) is 0.273. The molecule has 164 valence electrons. The first-order valence-corrected chi connectivity index (χ1v) is 12.0. The van der Waals surface area contributed by atoms with Crippen LogP contribution < -0.4 is 4.74 Å². The van der Waals surface area contributed by atoms with Crippen LogP contribution >= 0.6 is 23.2 Å². The molecule has 0 spiro atoms. The van der Waals surface area contributed by atoms with Gasteiger partial charge in [0.05, 0.1) is 15.6 Å². The maximum absolute atomic E-state index is 13.5. The number of hydrogen-bond donors (Lipinski definition) is 0. The molecular formula is C22H22Cl2N2O4S. The van der Waals surface area contributed by atoms with Gasteiger partial charge in [0.15, 0.2) is 9.84 Å². The zero-order valence-corrected chi connectivity index (χ0v) is 20.1. The van der Waals surface area contributed by atoms with Gasteiger partial charge < -0.3 is 4.74 Å². The normalized spacial score (nSPS) is 11.6. The molecule has 0 bridgehead atoms. The monoisotopic (exact) mass is 480 g/mol. The van der Waals surface area contributed by atoms with E-state index >= 15 is 0 Å². The van der Waals surface area contributed by atoms with Crippen molar-refractivity contribution < 1.29 is 17.9 Å². The van der Waals surface area contributed by atoms with E-state index in [1.165, 1.54) is 10.7 Å². The van der Waals surface area contributed by atoms with Gasteiger partial charge in [0, 0.05) is 23.9 Å². The highest BCUT2D eigenvalue weighted by molar-refractivity contribution is 7.90. The molecule has 0 amide bonds. The third-order valence-corrected chi connectivity index (χ3v) is 7.03. The molecule has 0 aliphatic heterocycles. The van der Waals surface area contributed by atoms with Crippen LogP contribution in [0.4, 0.5) is 0 Å². The Morgan fingerprint density at radius 3 is 2.32 bits per heavy atom. The van der Waals surface area contributed by atoms with Crippen LogP contribution in [0.15, 0.2) is 35.2 Å². The van der Waals surface area contributed by atoms with Gasteiger partial charge in [0.2, 0.25) is 11.7 Å². The summed E-state index contributed by atoms with van der Waals surface area (Å²) in [6.45, 7) is 5.16. The maximum atomic E-state index is 13.5. The van der Waals surface area contributed by atoms with Crippen LogP contribution in [0.2, 0.25) is 10.0 Å². The van der Waals surface area contributed by atoms with Crippen LogP contribution in [0.3, 0.4) is 0 Å². The van der Waals surface area contributed by atoms with Gasteiger partial charge in [-0.3, -0.25) is 4.79 Å². The van der Waals surface area contributed by atoms with E-state index in [-0.39, 0.29) is 33.4 Å². The van der Waals surface area contributed by atoms with Crippen molar-refractivity contribution >= 4 is 38.8 Å². The molecular weight excluding hydrogens is 459 g/mol. The minimum Gasteiger partial charge on any atom is -0.472 e. The number of benzene rings is 2. The predicted molar refractivity (Wildman–Crippen MR) is 121 cm³/mol. The van der Waals surface area contributed by atoms with E-state index in [0.29, 0.717) is 27.7 Å². The van der Waals surface area contributed by atoms with Crippen LogP contribution in [0.1, 0.15) is 38.3 Å². The first-order valence-electron chi connectivity index (χ1n) is 9.37. The molecule has 0 N–H and O–H groups in total. The summed E-state index contributed by atoms with van der Waals surface area (Å²) in [6, 6.07) is 8.69. The van der Waals surface area contributed by atoms with Crippen molar-refractivity contribution in [1.82, 2.24) is 9.78 Å². The Morgan fingerprint density at radius 1 is 1.13 bits per heavy atom. The molecule has 2 aromatic carbocycles. The SMILES string of the molecule is Cc1cc(C(=O)c2c(C)nn(C)c2OCc2ccc(Cl)cc2)c(Cl)c(C)c1S(C)(=O)=O. The van der Waals surface area contributed by atoms with Crippen molar-refractivity contribution in [1.29, 1.82) is 0 Å². The smallest absolute Gasteiger partial charge is 0.223 e. The van der Waals surface area contributed by atoms with E-state index in [0.717, 1.165) is 11.8 Å². The van der Waals surface area contributed by atoms with Crippen molar-refractivity contribution in [3.05, 3.63) is 73.9 Å². The van der Waals surface area contributed by atoms with E-state index in [1.807, 2.05) is 12.1 Å². The summed E-state index contributed by atoms with van der Waals surface area (Å²) in [5, 5.41) is 5.05. The fourth-order valence-corrected chi connectivity index (χ4v) is 5.33. The number of carbonyl (C=O) groups is 1. The number of ether oxygens (including phenoxy) is 1. The lowest BCUT2D eigenvalue weighted by Crippen LogP contribution is -2.11. The van der Waals surface area contributed by atoms with Gasteiger partial charge in [-0.05, 0) is 55.7 Å². The summed E-state index contributed by atoms with van der Waals surface area (Å²) >= 11 is 12.4. The van der Waals surface area contributed by atoms with Crippen LogP contribution in [-0.2, 0) is 23.5 Å². The maximum Gasteiger partial charge on any atom is 0.223 e. The van der Waals surface area contributed by atoms with Gasteiger partial charge in [-0.15, -0.1) is 0 Å². The summed E-state index contributed by atoms with van der Waals surface area (Å²) in [4.78, 5) is 13.6. The van der Waals surface area contributed by atoms with Crippen molar-refractivity contribution in [2.45, 2.75) is 32.3 Å². The van der Waals surface area contributed by atoms with E-state index < -0.39 is 9.84 Å². The number of ketones is 1. The third-order valence-electron chi connectivity index (χ3n) is 4.93. The van der Waals surface area contributed by atoms with Crippen molar-refractivity contribution in [3.8, 4) is 5.88 Å². The Bertz CT molecular complexity index is 1280. The van der Waals surface area contributed by atoms with Gasteiger partial charge >= 0.3 is 0 Å². The molecule has 0 aliphatic rings. The summed E-state index contributed by atoms with van der Waals surface area (Å²) in [5.74, 6) is -0.0797. The van der Waals surface area contributed by atoms with Crippen LogP contribution in [-0.4, -0.2) is 30.2 Å². The molecule has 0 unspecified atom stereocenters. The number of sulfone groups is 1. The number of halogens is 2. The number of aryl methyl sites for hydroxylation is 3. The topological polar surface area (TPSA) is 78.3 Å². The quantitative estimate of drug-likeness (QED) is 0.470. The summed E-state index contributed by atoms with van der Waals surface area (Å²) in [6.07, 6.45) is 1.12. The molecule has 0 saturated carbocycles. The van der Waals surface area contributed by atoms with Gasteiger partial charge in [0.1, 0.15) is 12.2 Å². The lowest BCUT2D eigenvalue weighted by molar-refractivity contribution is 0.103. The Balaban J connectivity index is 2.04. The van der Waals surface area contributed by atoms with Gasteiger partial charge in [-0.25, -0.2) is 13.1 Å². The van der Waals surface area contributed by atoms with E-state index in [4.69, 9.17) is 27.9 Å². The number of nitrogens with zero attached hydrogens (tertiary/aromatic N) is 2. The zero-order valence-electron chi connectivity index (χ0n) is 17.8. The van der Waals surface area contributed by atoms with Gasteiger partial charge in [-0.1, -0.05) is 35.3 Å². The van der Waals surface area contributed by atoms with E-state index in [1.54, 1.807) is 40.0 Å². The number of hydrogen-bond acceptors (Lipinski definition) is 5. The minimum atomic E-state index is -3.49. The lowest BCUT2D eigenvalue weighted by Gasteiger charge is -2.14. The molecule has 6 nitrogen and oxygen atoms in total.